The first-order valence-corrected chi connectivity index (χ1v) is 6.68. The van der Waals surface area contributed by atoms with Crippen LogP contribution in [0.2, 0.25) is 0 Å². The molecule has 0 saturated heterocycles. The standard InChI is InChI=1S/C14H16ClNO3/c15-3-1-4-16-5-2-10-6-12(9-17)13(18)7-11(10)8-14(16)19/h2,5-7,17-18H,1,3-4,8-9H2. The van der Waals surface area contributed by atoms with Gasteiger partial charge in [0.25, 0.3) is 0 Å². The van der Waals surface area contributed by atoms with E-state index in [4.69, 9.17) is 16.7 Å². The second-order valence-electron chi connectivity index (χ2n) is 4.46. The minimum Gasteiger partial charge on any atom is -0.508 e. The van der Waals surface area contributed by atoms with Crippen LogP contribution in [0, 0.1) is 0 Å². The summed E-state index contributed by atoms with van der Waals surface area (Å²) in [6, 6.07) is 3.26. The Morgan fingerprint density at radius 3 is 2.84 bits per heavy atom. The van der Waals surface area contributed by atoms with Crippen molar-refractivity contribution in [3.8, 4) is 5.75 Å². The van der Waals surface area contributed by atoms with Crippen LogP contribution < -0.4 is 0 Å². The first kappa shape index (κ1) is 13.9. The van der Waals surface area contributed by atoms with Crippen LogP contribution in [0.15, 0.2) is 18.3 Å². The normalized spacial score (nSPS) is 14.4. The Hall–Kier alpha value is -1.52. The Labute approximate surface area is 116 Å². The number of fused-ring (bicyclic) bond motifs is 1. The van der Waals surface area contributed by atoms with E-state index in [1.807, 2.05) is 6.08 Å². The highest BCUT2D eigenvalue weighted by Crippen LogP contribution is 2.26. The van der Waals surface area contributed by atoms with Gasteiger partial charge in [0, 0.05) is 24.2 Å². The number of phenols is 1. The number of halogens is 1. The zero-order valence-corrected chi connectivity index (χ0v) is 11.2. The molecule has 1 amide bonds. The molecule has 1 aromatic carbocycles. The molecule has 0 fully saturated rings. The zero-order valence-electron chi connectivity index (χ0n) is 10.5. The fourth-order valence-corrected chi connectivity index (χ4v) is 2.20. The number of carbonyl (C=O) groups excluding carboxylic acids is 1. The van der Waals surface area contributed by atoms with Crippen molar-refractivity contribution in [3.63, 3.8) is 0 Å². The Morgan fingerprint density at radius 1 is 1.37 bits per heavy atom. The van der Waals surface area contributed by atoms with Crippen molar-refractivity contribution < 1.29 is 15.0 Å². The van der Waals surface area contributed by atoms with Crippen molar-refractivity contribution in [2.45, 2.75) is 19.4 Å². The summed E-state index contributed by atoms with van der Waals surface area (Å²) in [5, 5.41) is 18.9. The van der Waals surface area contributed by atoms with Gasteiger partial charge in [-0.05, 0) is 35.8 Å². The topological polar surface area (TPSA) is 60.8 Å². The number of hydrogen-bond donors (Lipinski definition) is 2. The van der Waals surface area contributed by atoms with E-state index < -0.39 is 0 Å². The van der Waals surface area contributed by atoms with Gasteiger partial charge in [0.15, 0.2) is 0 Å². The van der Waals surface area contributed by atoms with Crippen molar-refractivity contribution in [3.05, 3.63) is 35.0 Å². The predicted molar refractivity (Wildman–Crippen MR) is 73.8 cm³/mol. The Morgan fingerprint density at radius 2 is 2.16 bits per heavy atom. The van der Waals surface area contributed by atoms with Crippen LogP contribution in [0.25, 0.3) is 6.08 Å². The molecule has 0 bridgehead atoms. The first-order valence-electron chi connectivity index (χ1n) is 6.15. The summed E-state index contributed by atoms with van der Waals surface area (Å²) < 4.78 is 0. The molecule has 0 unspecified atom stereocenters. The number of alkyl halides is 1. The summed E-state index contributed by atoms with van der Waals surface area (Å²) in [4.78, 5) is 13.7. The summed E-state index contributed by atoms with van der Waals surface area (Å²) in [5.74, 6) is 0.521. The van der Waals surface area contributed by atoms with Crippen molar-refractivity contribution in [2.75, 3.05) is 12.4 Å². The van der Waals surface area contributed by atoms with Gasteiger partial charge in [0.05, 0.1) is 13.0 Å². The number of aliphatic hydroxyl groups is 1. The summed E-state index contributed by atoms with van der Waals surface area (Å²) in [6.07, 6.45) is 4.54. The second-order valence-corrected chi connectivity index (χ2v) is 4.84. The fourth-order valence-electron chi connectivity index (χ4n) is 2.08. The largest absolute Gasteiger partial charge is 0.508 e. The monoisotopic (exact) mass is 281 g/mol. The fraction of sp³-hybridized carbons (Fsp3) is 0.357. The van der Waals surface area contributed by atoms with Gasteiger partial charge >= 0.3 is 0 Å². The molecule has 5 heteroatoms. The average Bonchev–Trinajstić information content (AvgIpc) is 2.54. The molecule has 19 heavy (non-hydrogen) atoms. The third kappa shape index (κ3) is 3.08. The molecule has 1 aliphatic rings. The highest BCUT2D eigenvalue weighted by atomic mass is 35.5. The van der Waals surface area contributed by atoms with E-state index in [1.165, 1.54) is 0 Å². The van der Waals surface area contributed by atoms with E-state index in [1.54, 1.807) is 23.2 Å². The predicted octanol–water partition coefficient (Wildman–Crippen LogP) is 1.87. The highest BCUT2D eigenvalue weighted by Gasteiger charge is 2.18. The molecule has 4 nitrogen and oxygen atoms in total. The molecular weight excluding hydrogens is 266 g/mol. The lowest BCUT2D eigenvalue weighted by molar-refractivity contribution is -0.127. The second kappa shape index (κ2) is 6.08. The number of nitrogens with zero attached hydrogens (tertiary/aromatic N) is 1. The molecule has 2 rings (SSSR count). The molecule has 0 saturated carbocycles. The van der Waals surface area contributed by atoms with Crippen LogP contribution in [0.5, 0.6) is 5.75 Å². The summed E-state index contributed by atoms with van der Waals surface area (Å²) >= 11 is 5.64. The van der Waals surface area contributed by atoms with Gasteiger partial charge in [0.2, 0.25) is 5.91 Å². The molecule has 0 spiro atoms. The van der Waals surface area contributed by atoms with E-state index >= 15 is 0 Å². The van der Waals surface area contributed by atoms with Gasteiger partial charge in [0.1, 0.15) is 5.75 Å². The van der Waals surface area contributed by atoms with Crippen molar-refractivity contribution in [2.24, 2.45) is 0 Å². The Kier molecular flexibility index (Phi) is 4.45. The van der Waals surface area contributed by atoms with E-state index in [0.29, 0.717) is 18.0 Å². The third-order valence-electron chi connectivity index (χ3n) is 3.14. The number of amides is 1. The molecule has 102 valence electrons. The van der Waals surface area contributed by atoms with Crippen molar-refractivity contribution in [1.82, 2.24) is 4.90 Å². The Bertz CT molecular complexity index is 514. The molecular formula is C14H16ClNO3. The smallest absolute Gasteiger partial charge is 0.230 e. The van der Waals surface area contributed by atoms with E-state index in [9.17, 15) is 9.90 Å². The van der Waals surface area contributed by atoms with Crippen LogP contribution in [-0.4, -0.2) is 33.4 Å². The first-order chi connectivity index (χ1) is 9.15. The van der Waals surface area contributed by atoms with Gasteiger partial charge in [-0.25, -0.2) is 0 Å². The van der Waals surface area contributed by atoms with E-state index in [-0.39, 0.29) is 24.7 Å². The van der Waals surface area contributed by atoms with Crippen LogP contribution in [0.3, 0.4) is 0 Å². The number of carbonyl (C=O) groups is 1. The van der Waals surface area contributed by atoms with Crippen LogP contribution in [-0.2, 0) is 17.8 Å². The lowest BCUT2D eigenvalue weighted by Crippen LogP contribution is -2.27. The van der Waals surface area contributed by atoms with E-state index in [2.05, 4.69) is 0 Å². The summed E-state index contributed by atoms with van der Waals surface area (Å²) in [7, 11) is 0. The summed E-state index contributed by atoms with van der Waals surface area (Å²) in [5.41, 5.74) is 2.08. The highest BCUT2D eigenvalue weighted by molar-refractivity contribution is 6.17. The number of hydrogen-bond acceptors (Lipinski definition) is 3. The van der Waals surface area contributed by atoms with Crippen LogP contribution in [0.1, 0.15) is 23.1 Å². The summed E-state index contributed by atoms with van der Waals surface area (Å²) in [6.45, 7) is 0.364. The van der Waals surface area contributed by atoms with Gasteiger partial charge < -0.3 is 15.1 Å². The molecule has 0 aromatic heterocycles. The van der Waals surface area contributed by atoms with E-state index in [0.717, 1.165) is 17.5 Å². The maximum absolute atomic E-state index is 12.0. The maximum Gasteiger partial charge on any atom is 0.230 e. The number of benzene rings is 1. The SMILES string of the molecule is O=C1Cc2cc(O)c(CO)cc2C=CN1CCCCl. The quantitative estimate of drug-likeness (QED) is 0.828. The molecule has 1 aliphatic heterocycles. The molecule has 0 aliphatic carbocycles. The number of rotatable bonds is 4. The number of aromatic hydroxyl groups is 1. The molecule has 2 N–H and O–H groups in total. The van der Waals surface area contributed by atoms with Crippen LogP contribution in [0.4, 0.5) is 0 Å². The van der Waals surface area contributed by atoms with Gasteiger partial charge in [-0.2, -0.15) is 0 Å². The van der Waals surface area contributed by atoms with Gasteiger partial charge in [-0.15, -0.1) is 11.6 Å². The third-order valence-corrected chi connectivity index (χ3v) is 3.41. The van der Waals surface area contributed by atoms with Crippen molar-refractivity contribution in [1.29, 1.82) is 0 Å². The Balaban J connectivity index is 2.29. The van der Waals surface area contributed by atoms with Gasteiger partial charge in [-0.3, -0.25) is 4.79 Å². The molecule has 1 aromatic rings. The molecule has 1 heterocycles. The molecule has 0 atom stereocenters. The lowest BCUT2D eigenvalue weighted by atomic mass is 10.0. The minimum absolute atomic E-state index is 0.0173. The van der Waals surface area contributed by atoms with Crippen LogP contribution >= 0.6 is 11.6 Å². The average molecular weight is 282 g/mol. The number of aliphatic hydroxyl groups excluding tert-OH is 1. The maximum atomic E-state index is 12.0. The minimum atomic E-state index is -0.225. The lowest BCUT2D eigenvalue weighted by Gasteiger charge is -2.16. The van der Waals surface area contributed by atoms with Crippen molar-refractivity contribution >= 4 is 23.6 Å². The zero-order chi connectivity index (χ0) is 13.8. The molecule has 0 radical (unpaired) electrons. The van der Waals surface area contributed by atoms with Gasteiger partial charge in [-0.1, -0.05) is 0 Å².